The molecule has 1 aromatic rings. The Morgan fingerprint density at radius 3 is 3.12 bits per heavy atom. The zero-order chi connectivity index (χ0) is 12.3. The molecular formula is C10H18N4O2S. The van der Waals surface area contributed by atoms with E-state index in [-0.39, 0.29) is 11.1 Å². The van der Waals surface area contributed by atoms with Gasteiger partial charge < -0.3 is 9.88 Å². The molecule has 7 heteroatoms. The molecule has 1 aliphatic heterocycles. The Balaban J connectivity index is 2.01. The number of nitrogens with zero attached hydrogens (tertiary/aromatic N) is 2. The van der Waals surface area contributed by atoms with Gasteiger partial charge in [0.05, 0.1) is 12.5 Å². The molecular weight excluding hydrogens is 240 g/mol. The Morgan fingerprint density at radius 2 is 2.47 bits per heavy atom. The molecule has 0 saturated carbocycles. The van der Waals surface area contributed by atoms with Crippen LogP contribution < -0.4 is 4.72 Å². The van der Waals surface area contributed by atoms with E-state index in [1.807, 2.05) is 0 Å². The third-order valence-corrected chi connectivity index (χ3v) is 4.48. The van der Waals surface area contributed by atoms with E-state index in [2.05, 4.69) is 26.5 Å². The van der Waals surface area contributed by atoms with Crippen molar-refractivity contribution >= 4 is 10.0 Å². The molecule has 1 aliphatic rings. The van der Waals surface area contributed by atoms with Crippen molar-refractivity contribution in [3.05, 3.63) is 12.5 Å². The van der Waals surface area contributed by atoms with Crippen LogP contribution in [-0.4, -0.2) is 49.0 Å². The van der Waals surface area contributed by atoms with Gasteiger partial charge in [0.1, 0.15) is 0 Å². The zero-order valence-corrected chi connectivity index (χ0v) is 10.7. The van der Waals surface area contributed by atoms with Crippen LogP contribution in [0.4, 0.5) is 0 Å². The molecule has 1 aromatic heterocycles. The zero-order valence-electron chi connectivity index (χ0n) is 9.89. The van der Waals surface area contributed by atoms with Gasteiger partial charge >= 0.3 is 0 Å². The van der Waals surface area contributed by atoms with Crippen molar-refractivity contribution < 1.29 is 8.42 Å². The molecule has 1 atom stereocenters. The number of piperidine rings is 1. The number of hydrogen-bond donors (Lipinski definition) is 2. The van der Waals surface area contributed by atoms with Gasteiger partial charge in [-0.3, -0.25) is 0 Å². The Hall–Kier alpha value is -0.920. The lowest BCUT2D eigenvalue weighted by Crippen LogP contribution is -2.47. The predicted octanol–water partition coefficient (Wildman–Crippen LogP) is 0.172. The molecule has 1 fully saturated rings. The average molecular weight is 258 g/mol. The van der Waals surface area contributed by atoms with Gasteiger partial charge in [0.2, 0.25) is 0 Å². The Bertz CT molecular complexity index is 443. The summed E-state index contributed by atoms with van der Waals surface area (Å²) in [5.74, 6) is 0. The molecule has 1 saturated heterocycles. The van der Waals surface area contributed by atoms with Crippen LogP contribution in [0.5, 0.6) is 0 Å². The van der Waals surface area contributed by atoms with E-state index in [0.717, 1.165) is 32.5 Å². The number of aromatic nitrogens is 2. The van der Waals surface area contributed by atoms with E-state index in [1.165, 1.54) is 12.5 Å². The highest BCUT2D eigenvalue weighted by atomic mass is 32.2. The van der Waals surface area contributed by atoms with Crippen molar-refractivity contribution in [2.75, 3.05) is 19.6 Å². The summed E-state index contributed by atoms with van der Waals surface area (Å²) in [4.78, 5) is 8.60. The Labute approximate surface area is 101 Å². The fraction of sp³-hybridized carbons (Fsp3) is 0.700. The van der Waals surface area contributed by atoms with Gasteiger partial charge in [0, 0.05) is 12.6 Å². The molecule has 96 valence electrons. The molecule has 0 aliphatic carbocycles. The molecule has 6 nitrogen and oxygen atoms in total. The number of likely N-dealkylation sites (tertiary alicyclic amines) is 1. The highest BCUT2D eigenvalue weighted by Crippen LogP contribution is 2.12. The van der Waals surface area contributed by atoms with Crippen LogP contribution in [0.15, 0.2) is 17.6 Å². The van der Waals surface area contributed by atoms with E-state index < -0.39 is 10.0 Å². The van der Waals surface area contributed by atoms with Crippen molar-refractivity contribution in [1.82, 2.24) is 19.6 Å². The smallest absolute Gasteiger partial charge is 0.257 e. The molecule has 0 aromatic carbocycles. The minimum absolute atomic E-state index is 0.00278. The number of sulfonamides is 1. The summed E-state index contributed by atoms with van der Waals surface area (Å²) < 4.78 is 26.6. The lowest BCUT2D eigenvalue weighted by molar-refractivity contribution is 0.211. The molecule has 0 radical (unpaired) electrons. The van der Waals surface area contributed by atoms with Gasteiger partial charge in [0.25, 0.3) is 10.0 Å². The highest BCUT2D eigenvalue weighted by Gasteiger charge is 2.25. The quantitative estimate of drug-likeness (QED) is 0.807. The predicted molar refractivity (Wildman–Crippen MR) is 64.0 cm³/mol. The van der Waals surface area contributed by atoms with Crippen LogP contribution >= 0.6 is 0 Å². The first-order valence-electron chi connectivity index (χ1n) is 5.85. The monoisotopic (exact) mass is 258 g/mol. The molecule has 0 bridgehead atoms. The maximum Gasteiger partial charge on any atom is 0.257 e. The lowest BCUT2D eigenvalue weighted by Gasteiger charge is -2.31. The first-order chi connectivity index (χ1) is 8.12. The third kappa shape index (κ3) is 3.05. The van der Waals surface area contributed by atoms with Crippen LogP contribution in [0.3, 0.4) is 0 Å². The fourth-order valence-corrected chi connectivity index (χ4v) is 3.28. The van der Waals surface area contributed by atoms with Crippen LogP contribution in [0.2, 0.25) is 0 Å². The van der Waals surface area contributed by atoms with E-state index >= 15 is 0 Å². The van der Waals surface area contributed by atoms with Crippen LogP contribution in [-0.2, 0) is 10.0 Å². The van der Waals surface area contributed by atoms with Crippen LogP contribution in [0, 0.1) is 0 Å². The van der Waals surface area contributed by atoms with Gasteiger partial charge in [-0.1, -0.05) is 6.92 Å². The lowest BCUT2D eigenvalue weighted by atomic mass is 10.1. The standard InChI is InChI=1S/C10H18N4O2S/c1-2-14-5-3-4-9(7-14)13-17(15,16)10-6-11-8-12-10/h6,8-9,13H,2-5,7H2,1H3,(H,11,12). The molecule has 17 heavy (non-hydrogen) atoms. The van der Waals surface area contributed by atoms with Crippen molar-refractivity contribution in [2.24, 2.45) is 0 Å². The van der Waals surface area contributed by atoms with Crippen molar-refractivity contribution in [3.63, 3.8) is 0 Å². The van der Waals surface area contributed by atoms with Crippen LogP contribution in [0.1, 0.15) is 19.8 Å². The average Bonchev–Trinajstić information content (AvgIpc) is 2.83. The molecule has 2 N–H and O–H groups in total. The van der Waals surface area contributed by atoms with E-state index in [9.17, 15) is 8.42 Å². The number of hydrogen-bond acceptors (Lipinski definition) is 4. The highest BCUT2D eigenvalue weighted by molar-refractivity contribution is 7.89. The summed E-state index contributed by atoms with van der Waals surface area (Å²) >= 11 is 0. The number of imidazole rings is 1. The summed E-state index contributed by atoms with van der Waals surface area (Å²) in [5.41, 5.74) is 0. The number of aromatic amines is 1. The molecule has 2 rings (SSSR count). The molecule has 0 spiro atoms. The van der Waals surface area contributed by atoms with Crippen molar-refractivity contribution in [3.8, 4) is 0 Å². The second kappa shape index (κ2) is 5.16. The molecule has 1 unspecified atom stereocenters. The first kappa shape index (κ1) is 12.5. The van der Waals surface area contributed by atoms with Gasteiger partial charge in [-0.2, -0.15) is 0 Å². The fourth-order valence-electron chi connectivity index (χ4n) is 2.11. The summed E-state index contributed by atoms with van der Waals surface area (Å²) in [6.45, 7) is 4.89. The maximum absolute atomic E-state index is 12.0. The summed E-state index contributed by atoms with van der Waals surface area (Å²) in [7, 11) is -3.44. The number of H-pyrrole nitrogens is 1. The summed E-state index contributed by atoms with van der Waals surface area (Å²) in [5, 5.41) is 0.131. The normalized spacial score (nSPS) is 22.8. The topological polar surface area (TPSA) is 78.1 Å². The molecule has 2 heterocycles. The maximum atomic E-state index is 12.0. The second-order valence-corrected chi connectivity index (χ2v) is 5.95. The van der Waals surface area contributed by atoms with E-state index in [4.69, 9.17) is 0 Å². The number of nitrogens with one attached hydrogen (secondary N) is 2. The minimum atomic E-state index is -3.44. The van der Waals surface area contributed by atoms with Gasteiger partial charge in [-0.15, -0.1) is 0 Å². The number of rotatable bonds is 4. The van der Waals surface area contributed by atoms with Gasteiger partial charge in [0.15, 0.2) is 5.03 Å². The molecule has 0 amide bonds. The van der Waals surface area contributed by atoms with Crippen molar-refractivity contribution in [1.29, 1.82) is 0 Å². The SMILES string of the molecule is CCN1CCCC(NS(=O)(=O)c2cnc[nH]2)C1. The first-order valence-corrected chi connectivity index (χ1v) is 7.33. The Kier molecular flexibility index (Phi) is 3.80. The minimum Gasteiger partial charge on any atom is -0.335 e. The van der Waals surface area contributed by atoms with E-state index in [1.54, 1.807) is 0 Å². The van der Waals surface area contributed by atoms with Gasteiger partial charge in [-0.25, -0.2) is 18.1 Å². The largest absolute Gasteiger partial charge is 0.335 e. The number of likely N-dealkylation sites (N-methyl/N-ethyl adjacent to an activating group) is 1. The van der Waals surface area contributed by atoms with Crippen molar-refractivity contribution in [2.45, 2.75) is 30.8 Å². The Morgan fingerprint density at radius 1 is 1.65 bits per heavy atom. The summed E-state index contributed by atoms with van der Waals surface area (Å²) in [6.07, 6.45) is 4.62. The third-order valence-electron chi connectivity index (χ3n) is 3.04. The summed E-state index contributed by atoms with van der Waals surface area (Å²) in [6, 6.07) is -0.00278. The second-order valence-electron chi connectivity index (χ2n) is 4.27. The van der Waals surface area contributed by atoms with Crippen LogP contribution in [0.25, 0.3) is 0 Å². The van der Waals surface area contributed by atoms with E-state index in [0.29, 0.717) is 0 Å². The van der Waals surface area contributed by atoms with Gasteiger partial charge in [-0.05, 0) is 25.9 Å².